The Labute approximate surface area is 126 Å². The molecule has 1 amide bonds. The minimum atomic E-state index is -0.402. The van der Waals surface area contributed by atoms with Gasteiger partial charge in [-0.3, -0.25) is 4.79 Å². The summed E-state index contributed by atoms with van der Waals surface area (Å²) in [4.78, 5) is 14.6. The Hall–Kier alpha value is -0.940. The van der Waals surface area contributed by atoms with Crippen LogP contribution < -0.4 is 5.32 Å². The molecule has 1 aromatic carbocycles. The molecule has 20 heavy (non-hydrogen) atoms. The van der Waals surface area contributed by atoms with Gasteiger partial charge in [-0.15, -0.1) is 0 Å². The molecule has 0 radical (unpaired) electrons. The Kier molecular flexibility index (Phi) is 4.08. The third kappa shape index (κ3) is 3.20. The maximum atomic E-state index is 13.4. The van der Waals surface area contributed by atoms with Crippen molar-refractivity contribution in [2.45, 2.75) is 37.8 Å². The van der Waals surface area contributed by atoms with Gasteiger partial charge in [0.25, 0.3) is 5.91 Å². The minimum absolute atomic E-state index is 0.179. The molecule has 0 spiro atoms. The molecule has 1 aliphatic carbocycles. The number of nitrogens with one attached hydrogen (secondary N) is 1. The second-order valence-electron chi connectivity index (χ2n) is 5.64. The summed E-state index contributed by atoms with van der Waals surface area (Å²) in [6.45, 7) is 2.12. The number of nitrogens with zero attached hydrogens (tertiary/aromatic N) is 1. The van der Waals surface area contributed by atoms with Gasteiger partial charge in [-0.2, -0.15) is 0 Å². The Morgan fingerprint density at radius 3 is 2.55 bits per heavy atom. The van der Waals surface area contributed by atoms with Crippen molar-refractivity contribution >= 4 is 21.8 Å². The maximum Gasteiger partial charge on any atom is 0.251 e. The second-order valence-corrected chi connectivity index (χ2v) is 6.50. The van der Waals surface area contributed by atoms with Crippen molar-refractivity contribution in [2.75, 3.05) is 13.1 Å². The monoisotopic (exact) mass is 340 g/mol. The van der Waals surface area contributed by atoms with Crippen molar-refractivity contribution < 1.29 is 9.18 Å². The van der Waals surface area contributed by atoms with E-state index in [1.807, 2.05) is 0 Å². The van der Waals surface area contributed by atoms with E-state index in [1.165, 1.54) is 18.9 Å². The van der Waals surface area contributed by atoms with Crippen molar-refractivity contribution in [2.24, 2.45) is 0 Å². The van der Waals surface area contributed by atoms with Crippen LogP contribution >= 0.6 is 15.9 Å². The number of likely N-dealkylation sites (tertiary alicyclic amines) is 1. The lowest BCUT2D eigenvalue weighted by Crippen LogP contribution is -2.45. The Bertz CT molecular complexity index is 511. The molecule has 1 heterocycles. The predicted octanol–water partition coefficient (Wildman–Crippen LogP) is 2.94. The van der Waals surface area contributed by atoms with Gasteiger partial charge < -0.3 is 10.2 Å². The van der Waals surface area contributed by atoms with Crippen molar-refractivity contribution in [3.63, 3.8) is 0 Å². The number of rotatable bonds is 3. The number of piperidine rings is 1. The van der Waals surface area contributed by atoms with Crippen LogP contribution in [0.15, 0.2) is 22.7 Å². The molecule has 1 aromatic rings. The average Bonchev–Trinajstić information content (AvgIpc) is 3.27. The first-order chi connectivity index (χ1) is 9.63. The van der Waals surface area contributed by atoms with E-state index >= 15 is 0 Å². The zero-order chi connectivity index (χ0) is 14.1. The Morgan fingerprint density at radius 1 is 1.25 bits per heavy atom. The highest BCUT2D eigenvalue weighted by atomic mass is 79.9. The van der Waals surface area contributed by atoms with Crippen LogP contribution in [0.1, 0.15) is 36.0 Å². The van der Waals surface area contributed by atoms with Gasteiger partial charge >= 0.3 is 0 Å². The predicted molar refractivity (Wildman–Crippen MR) is 79.2 cm³/mol. The van der Waals surface area contributed by atoms with Gasteiger partial charge in [0, 0.05) is 30.7 Å². The average molecular weight is 341 g/mol. The van der Waals surface area contributed by atoms with E-state index in [9.17, 15) is 9.18 Å². The van der Waals surface area contributed by atoms with Gasteiger partial charge in [0.1, 0.15) is 5.82 Å². The summed E-state index contributed by atoms with van der Waals surface area (Å²) < 4.78 is 13.8. The third-order valence-electron chi connectivity index (χ3n) is 4.11. The van der Waals surface area contributed by atoms with E-state index in [2.05, 4.69) is 26.1 Å². The van der Waals surface area contributed by atoms with Crippen LogP contribution in [0.4, 0.5) is 4.39 Å². The lowest BCUT2D eigenvalue weighted by molar-refractivity contribution is 0.0908. The van der Waals surface area contributed by atoms with Gasteiger partial charge in [-0.25, -0.2) is 4.39 Å². The largest absolute Gasteiger partial charge is 0.349 e. The molecule has 1 aliphatic heterocycles. The molecule has 1 saturated heterocycles. The molecule has 3 nitrogen and oxygen atoms in total. The zero-order valence-corrected chi connectivity index (χ0v) is 12.8. The number of amides is 1. The maximum absolute atomic E-state index is 13.4. The van der Waals surface area contributed by atoms with Crippen molar-refractivity contribution in [3.05, 3.63) is 34.1 Å². The first-order valence-electron chi connectivity index (χ1n) is 7.13. The van der Waals surface area contributed by atoms with Crippen molar-refractivity contribution in [3.8, 4) is 0 Å². The van der Waals surface area contributed by atoms with Crippen LogP contribution in [0.25, 0.3) is 0 Å². The quantitative estimate of drug-likeness (QED) is 0.917. The molecule has 0 unspecified atom stereocenters. The fourth-order valence-corrected chi connectivity index (χ4v) is 3.00. The molecule has 0 aromatic heterocycles. The number of carbonyl (C=O) groups excluding carboxylic acids is 1. The highest BCUT2D eigenvalue weighted by molar-refractivity contribution is 9.10. The summed E-state index contributed by atoms with van der Waals surface area (Å²) in [5, 5.41) is 3.01. The van der Waals surface area contributed by atoms with E-state index in [-0.39, 0.29) is 11.9 Å². The van der Waals surface area contributed by atoms with Gasteiger partial charge in [0.2, 0.25) is 0 Å². The first-order valence-corrected chi connectivity index (χ1v) is 7.93. The van der Waals surface area contributed by atoms with Crippen LogP contribution in [0.5, 0.6) is 0 Å². The number of carbonyl (C=O) groups is 1. The van der Waals surface area contributed by atoms with Crippen LogP contribution in [-0.4, -0.2) is 36.0 Å². The smallest absolute Gasteiger partial charge is 0.251 e. The van der Waals surface area contributed by atoms with Crippen LogP contribution in [0.3, 0.4) is 0 Å². The standard InChI is InChI=1S/C15H18BrFN2O/c16-13-4-1-10(9-14(13)17)15(20)18-11-5-7-19(8-6-11)12-2-3-12/h1,4,9,11-12H,2-3,5-8H2,(H,18,20). The fraction of sp³-hybridized carbons (Fsp3) is 0.533. The summed E-state index contributed by atoms with van der Waals surface area (Å²) in [6.07, 6.45) is 4.63. The molecule has 1 saturated carbocycles. The third-order valence-corrected chi connectivity index (χ3v) is 4.75. The van der Waals surface area contributed by atoms with Crippen LogP contribution in [-0.2, 0) is 0 Å². The van der Waals surface area contributed by atoms with Crippen LogP contribution in [0.2, 0.25) is 0 Å². The minimum Gasteiger partial charge on any atom is -0.349 e. The lowest BCUT2D eigenvalue weighted by atomic mass is 10.0. The molecule has 0 atom stereocenters. The Balaban J connectivity index is 1.54. The van der Waals surface area contributed by atoms with Gasteiger partial charge in [0.15, 0.2) is 0 Å². The molecule has 5 heteroatoms. The highest BCUT2D eigenvalue weighted by Gasteiger charge is 2.32. The fourth-order valence-electron chi connectivity index (χ4n) is 2.75. The number of hydrogen-bond acceptors (Lipinski definition) is 2. The normalized spacial score (nSPS) is 20.9. The molecule has 108 valence electrons. The number of benzene rings is 1. The SMILES string of the molecule is O=C(NC1CCN(C2CC2)CC1)c1ccc(Br)c(F)c1. The molecule has 2 fully saturated rings. The molecular weight excluding hydrogens is 323 g/mol. The lowest BCUT2D eigenvalue weighted by Gasteiger charge is -2.32. The zero-order valence-electron chi connectivity index (χ0n) is 11.2. The van der Waals surface area contributed by atoms with Gasteiger partial charge in [-0.1, -0.05) is 0 Å². The molecule has 2 aliphatic rings. The summed E-state index contributed by atoms with van der Waals surface area (Å²) in [6, 6.07) is 5.50. The van der Waals surface area contributed by atoms with E-state index in [0.717, 1.165) is 32.0 Å². The highest BCUT2D eigenvalue weighted by Crippen LogP contribution is 2.29. The molecule has 0 bridgehead atoms. The van der Waals surface area contributed by atoms with Gasteiger partial charge in [0.05, 0.1) is 4.47 Å². The summed E-state index contributed by atoms with van der Waals surface area (Å²) >= 11 is 3.09. The van der Waals surface area contributed by atoms with E-state index in [1.54, 1.807) is 12.1 Å². The molecule has 1 N–H and O–H groups in total. The number of hydrogen-bond donors (Lipinski definition) is 1. The van der Waals surface area contributed by atoms with Crippen molar-refractivity contribution in [1.29, 1.82) is 0 Å². The topological polar surface area (TPSA) is 32.3 Å². The van der Waals surface area contributed by atoms with Crippen molar-refractivity contribution in [1.82, 2.24) is 10.2 Å². The molecule has 3 rings (SSSR count). The van der Waals surface area contributed by atoms with E-state index < -0.39 is 5.82 Å². The van der Waals surface area contributed by atoms with E-state index in [0.29, 0.717) is 10.0 Å². The number of halogens is 2. The van der Waals surface area contributed by atoms with E-state index in [4.69, 9.17) is 0 Å². The summed E-state index contributed by atoms with van der Waals surface area (Å²) in [5.41, 5.74) is 0.385. The first kappa shape index (κ1) is 14.0. The second kappa shape index (κ2) is 5.82. The van der Waals surface area contributed by atoms with Crippen LogP contribution in [0, 0.1) is 5.82 Å². The molecular formula is C15H18BrFN2O. The summed E-state index contributed by atoms with van der Waals surface area (Å²) in [5.74, 6) is -0.581. The Morgan fingerprint density at radius 2 is 1.95 bits per heavy atom. The summed E-state index contributed by atoms with van der Waals surface area (Å²) in [7, 11) is 0. The van der Waals surface area contributed by atoms with Gasteiger partial charge in [-0.05, 0) is 59.8 Å².